The lowest BCUT2D eigenvalue weighted by molar-refractivity contribution is 0.0690. The van der Waals surface area contributed by atoms with Gasteiger partial charge in [0.05, 0.1) is 0 Å². The molecule has 0 radical (unpaired) electrons. The number of nitrogens with one attached hydrogen (secondary N) is 1. The maximum atomic E-state index is 10.6. The van der Waals surface area contributed by atoms with Crippen LogP contribution in [0.4, 0.5) is 6.01 Å². The summed E-state index contributed by atoms with van der Waals surface area (Å²) in [5, 5.41) is 11.6. The zero-order valence-corrected chi connectivity index (χ0v) is 9.09. The molecule has 17 heavy (non-hydrogen) atoms. The maximum absolute atomic E-state index is 10.6. The van der Waals surface area contributed by atoms with E-state index in [2.05, 4.69) is 10.3 Å². The SMILES string of the molecule is O=C(O)c1coc(NCCc2ccccc2)n1. The van der Waals surface area contributed by atoms with Crippen LogP contribution in [0.25, 0.3) is 0 Å². The molecule has 5 nitrogen and oxygen atoms in total. The predicted octanol–water partition coefficient (Wildman–Crippen LogP) is 2.03. The monoisotopic (exact) mass is 232 g/mol. The molecule has 2 N–H and O–H groups in total. The van der Waals surface area contributed by atoms with Crippen molar-refractivity contribution in [1.82, 2.24) is 4.98 Å². The van der Waals surface area contributed by atoms with Gasteiger partial charge in [-0.3, -0.25) is 0 Å². The Balaban J connectivity index is 1.84. The standard InChI is InChI=1S/C12H12N2O3/c15-11(16)10-8-17-12(14-10)13-7-6-9-4-2-1-3-5-9/h1-5,8H,6-7H2,(H,13,14)(H,15,16). The molecule has 0 saturated heterocycles. The summed E-state index contributed by atoms with van der Waals surface area (Å²) in [6.07, 6.45) is 1.94. The van der Waals surface area contributed by atoms with Crippen LogP contribution in [-0.2, 0) is 6.42 Å². The molecule has 0 fully saturated rings. The van der Waals surface area contributed by atoms with Crippen LogP contribution in [0.15, 0.2) is 41.0 Å². The number of carboxylic acid groups (broad SMARTS) is 1. The highest BCUT2D eigenvalue weighted by Crippen LogP contribution is 2.07. The van der Waals surface area contributed by atoms with Crippen molar-refractivity contribution >= 4 is 12.0 Å². The molecule has 1 heterocycles. The first-order valence-corrected chi connectivity index (χ1v) is 5.22. The molecule has 0 spiro atoms. The number of carboxylic acids is 1. The molecule has 0 aliphatic rings. The average molecular weight is 232 g/mol. The largest absolute Gasteiger partial charge is 0.476 e. The van der Waals surface area contributed by atoms with E-state index in [-0.39, 0.29) is 11.7 Å². The normalized spacial score (nSPS) is 10.1. The summed E-state index contributed by atoms with van der Waals surface area (Å²) in [4.78, 5) is 14.3. The average Bonchev–Trinajstić information content (AvgIpc) is 2.79. The molecule has 88 valence electrons. The van der Waals surface area contributed by atoms with Gasteiger partial charge in [-0.2, -0.15) is 4.98 Å². The molecule has 1 aromatic carbocycles. The fourth-order valence-corrected chi connectivity index (χ4v) is 1.41. The second-order valence-corrected chi connectivity index (χ2v) is 3.51. The number of hydrogen-bond donors (Lipinski definition) is 2. The van der Waals surface area contributed by atoms with Crippen LogP contribution < -0.4 is 5.32 Å². The Kier molecular flexibility index (Phi) is 3.40. The summed E-state index contributed by atoms with van der Waals surface area (Å²) < 4.78 is 4.96. The molecular formula is C12H12N2O3. The molecule has 0 aliphatic heterocycles. The van der Waals surface area contributed by atoms with Gasteiger partial charge >= 0.3 is 5.97 Å². The van der Waals surface area contributed by atoms with Crippen LogP contribution in [-0.4, -0.2) is 22.6 Å². The van der Waals surface area contributed by atoms with E-state index in [1.807, 2.05) is 30.3 Å². The third-order valence-corrected chi connectivity index (χ3v) is 2.26. The van der Waals surface area contributed by atoms with E-state index < -0.39 is 5.97 Å². The lowest BCUT2D eigenvalue weighted by atomic mass is 10.1. The van der Waals surface area contributed by atoms with Crippen molar-refractivity contribution in [2.45, 2.75) is 6.42 Å². The Morgan fingerprint density at radius 3 is 2.76 bits per heavy atom. The van der Waals surface area contributed by atoms with Crippen molar-refractivity contribution < 1.29 is 14.3 Å². The highest BCUT2D eigenvalue weighted by molar-refractivity contribution is 5.85. The Morgan fingerprint density at radius 2 is 2.12 bits per heavy atom. The molecular weight excluding hydrogens is 220 g/mol. The van der Waals surface area contributed by atoms with Crippen LogP contribution >= 0.6 is 0 Å². The number of anilines is 1. The van der Waals surface area contributed by atoms with Crippen molar-refractivity contribution in [3.05, 3.63) is 47.9 Å². The molecule has 0 bridgehead atoms. The third kappa shape index (κ3) is 3.07. The molecule has 0 atom stereocenters. The van der Waals surface area contributed by atoms with E-state index in [9.17, 15) is 4.79 Å². The van der Waals surface area contributed by atoms with Crippen LogP contribution in [0, 0.1) is 0 Å². The second-order valence-electron chi connectivity index (χ2n) is 3.51. The maximum Gasteiger partial charge on any atom is 0.357 e. The Bertz CT molecular complexity index is 493. The quantitative estimate of drug-likeness (QED) is 0.824. The van der Waals surface area contributed by atoms with Gasteiger partial charge in [-0.05, 0) is 12.0 Å². The molecule has 1 aromatic heterocycles. The van der Waals surface area contributed by atoms with Gasteiger partial charge in [0.25, 0.3) is 6.01 Å². The Hall–Kier alpha value is -2.30. The van der Waals surface area contributed by atoms with Crippen LogP contribution in [0.2, 0.25) is 0 Å². The van der Waals surface area contributed by atoms with Gasteiger partial charge in [0.1, 0.15) is 6.26 Å². The molecule has 0 aliphatic carbocycles. The first kappa shape index (κ1) is 11.2. The Labute approximate surface area is 98.1 Å². The van der Waals surface area contributed by atoms with E-state index in [1.165, 1.54) is 5.56 Å². The number of aromatic nitrogens is 1. The predicted molar refractivity (Wildman–Crippen MR) is 62.1 cm³/mol. The van der Waals surface area contributed by atoms with E-state index in [0.717, 1.165) is 12.7 Å². The van der Waals surface area contributed by atoms with E-state index in [1.54, 1.807) is 0 Å². The molecule has 2 aromatic rings. The van der Waals surface area contributed by atoms with Gasteiger partial charge in [0.15, 0.2) is 5.69 Å². The summed E-state index contributed by atoms with van der Waals surface area (Å²) in [6.45, 7) is 0.642. The zero-order chi connectivity index (χ0) is 12.1. The van der Waals surface area contributed by atoms with Crippen molar-refractivity contribution in [2.75, 3.05) is 11.9 Å². The molecule has 0 amide bonds. The number of aromatic carboxylic acids is 1. The number of nitrogens with zero attached hydrogens (tertiary/aromatic N) is 1. The van der Waals surface area contributed by atoms with E-state index in [4.69, 9.17) is 9.52 Å². The van der Waals surface area contributed by atoms with E-state index in [0.29, 0.717) is 6.54 Å². The summed E-state index contributed by atoms with van der Waals surface area (Å²) in [5.74, 6) is -1.09. The third-order valence-electron chi connectivity index (χ3n) is 2.26. The van der Waals surface area contributed by atoms with E-state index >= 15 is 0 Å². The van der Waals surface area contributed by atoms with Crippen molar-refractivity contribution in [3.8, 4) is 0 Å². The highest BCUT2D eigenvalue weighted by atomic mass is 16.4. The Morgan fingerprint density at radius 1 is 1.35 bits per heavy atom. The number of carbonyl (C=O) groups is 1. The number of oxazole rings is 1. The summed E-state index contributed by atoms with van der Waals surface area (Å²) >= 11 is 0. The minimum atomic E-state index is -1.09. The molecule has 5 heteroatoms. The smallest absolute Gasteiger partial charge is 0.357 e. The van der Waals surface area contributed by atoms with Gasteiger partial charge in [-0.25, -0.2) is 4.79 Å². The highest BCUT2D eigenvalue weighted by Gasteiger charge is 2.09. The number of hydrogen-bond acceptors (Lipinski definition) is 4. The topological polar surface area (TPSA) is 75.4 Å². The van der Waals surface area contributed by atoms with Crippen LogP contribution in [0.1, 0.15) is 16.1 Å². The zero-order valence-electron chi connectivity index (χ0n) is 9.09. The summed E-state index contributed by atoms with van der Waals surface area (Å²) in [6, 6.07) is 10.2. The molecule has 0 unspecified atom stereocenters. The summed E-state index contributed by atoms with van der Waals surface area (Å²) in [7, 11) is 0. The van der Waals surface area contributed by atoms with Gasteiger partial charge in [-0.1, -0.05) is 30.3 Å². The second kappa shape index (κ2) is 5.16. The lowest BCUT2D eigenvalue weighted by Gasteiger charge is -2.01. The number of rotatable bonds is 5. The summed E-state index contributed by atoms with van der Waals surface area (Å²) in [5.41, 5.74) is 1.11. The van der Waals surface area contributed by atoms with Gasteiger partial charge in [-0.15, -0.1) is 0 Å². The van der Waals surface area contributed by atoms with Crippen LogP contribution in [0.3, 0.4) is 0 Å². The number of benzene rings is 1. The van der Waals surface area contributed by atoms with Gasteiger partial charge in [0, 0.05) is 6.54 Å². The van der Waals surface area contributed by atoms with Gasteiger partial charge in [0.2, 0.25) is 0 Å². The fraction of sp³-hybridized carbons (Fsp3) is 0.167. The van der Waals surface area contributed by atoms with Gasteiger partial charge < -0.3 is 14.8 Å². The lowest BCUT2D eigenvalue weighted by Crippen LogP contribution is -2.05. The molecule has 2 rings (SSSR count). The van der Waals surface area contributed by atoms with Crippen LogP contribution in [0.5, 0.6) is 0 Å². The minimum absolute atomic E-state index is 0.0905. The first-order chi connectivity index (χ1) is 8.25. The fourth-order valence-electron chi connectivity index (χ4n) is 1.41. The minimum Gasteiger partial charge on any atom is -0.476 e. The molecule has 0 saturated carbocycles. The first-order valence-electron chi connectivity index (χ1n) is 5.22. The van der Waals surface area contributed by atoms with Crippen molar-refractivity contribution in [2.24, 2.45) is 0 Å². The van der Waals surface area contributed by atoms with Crippen molar-refractivity contribution in [1.29, 1.82) is 0 Å². The van der Waals surface area contributed by atoms with Crippen molar-refractivity contribution in [3.63, 3.8) is 0 Å².